The van der Waals surface area contributed by atoms with Crippen molar-refractivity contribution >= 4 is 16.8 Å². The zero-order valence-corrected chi connectivity index (χ0v) is 16.6. The Morgan fingerprint density at radius 3 is 2.83 bits per heavy atom. The van der Waals surface area contributed by atoms with Crippen LogP contribution in [0, 0.1) is 0 Å². The molecule has 7 heteroatoms. The molecule has 2 heterocycles. The summed E-state index contributed by atoms with van der Waals surface area (Å²) < 4.78 is 7.08. The van der Waals surface area contributed by atoms with Crippen molar-refractivity contribution in [2.45, 2.75) is 19.5 Å². The van der Waals surface area contributed by atoms with E-state index in [4.69, 9.17) is 9.72 Å². The molecule has 150 valence electrons. The lowest BCUT2D eigenvalue weighted by atomic mass is 10.1. The van der Waals surface area contributed by atoms with Gasteiger partial charge in [-0.3, -0.25) is 14.2 Å². The number of nitrogens with zero attached hydrogens (tertiary/aromatic N) is 3. The van der Waals surface area contributed by atoms with Gasteiger partial charge in [-0.2, -0.15) is 0 Å². The quantitative estimate of drug-likeness (QED) is 0.733. The molecule has 7 nitrogen and oxygen atoms in total. The first-order chi connectivity index (χ1) is 14.1. The fraction of sp³-hybridized carbons (Fsp3) is 0.318. The maximum atomic E-state index is 12.9. The van der Waals surface area contributed by atoms with Gasteiger partial charge in [-0.05, 0) is 31.3 Å². The summed E-state index contributed by atoms with van der Waals surface area (Å²) in [7, 11) is 3.65. The smallest absolute Gasteiger partial charge is 0.261 e. The fourth-order valence-corrected chi connectivity index (χ4v) is 3.63. The number of carbonyl (C=O) groups is 1. The van der Waals surface area contributed by atoms with Gasteiger partial charge in [0.05, 0.1) is 18.0 Å². The van der Waals surface area contributed by atoms with Crippen LogP contribution in [-0.2, 0) is 19.5 Å². The summed E-state index contributed by atoms with van der Waals surface area (Å²) in [6.45, 7) is 2.67. The monoisotopic (exact) mass is 392 g/mol. The molecule has 0 atom stereocenters. The van der Waals surface area contributed by atoms with Gasteiger partial charge in [0.2, 0.25) is 0 Å². The summed E-state index contributed by atoms with van der Waals surface area (Å²) >= 11 is 0. The van der Waals surface area contributed by atoms with Crippen LogP contribution in [0.2, 0.25) is 0 Å². The molecule has 3 aromatic rings. The van der Waals surface area contributed by atoms with Crippen molar-refractivity contribution in [2.75, 3.05) is 27.2 Å². The summed E-state index contributed by atoms with van der Waals surface area (Å²) in [5, 5.41) is 3.45. The number of benzene rings is 2. The maximum absolute atomic E-state index is 12.9. The van der Waals surface area contributed by atoms with Crippen LogP contribution in [0.15, 0.2) is 47.3 Å². The Morgan fingerprint density at radius 1 is 1.17 bits per heavy atom. The van der Waals surface area contributed by atoms with Gasteiger partial charge in [0.1, 0.15) is 11.6 Å². The van der Waals surface area contributed by atoms with Crippen molar-refractivity contribution in [2.24, 2.45) is 0 Å². The minimum atomic E-state index is -0.214. The number of likely N-dealkylation sites (N-methyl/N-ethyl adjacent to an activating group) is 1. The van der Waals surface area contributed by atoms with E-state index < -0.39 is 0 Å². The van der Waals surface area contributed by atoms with Crippen LogP contribution in [0.3, 0.4) is 0 Å². The summed E-state index contributed by atoms with van der Waals surface area (Å²) in [4.78, 5) is 32.4. The molecule has 1 aliphatic rings. The second kappa shape index (κ2) is 8.05. The third-order valence-corrected chi connectivity index (χ3v) is 5.35. The second-order valence-corrected chi connectivity index (χ2v) is 7.26. The van der Waals surface area contributed by atoms with Crippen LogP contribution in [0.25, 0.3) is 10.9 Å². The molecule has 0 spiro atoms. The van der Waals surface area contributed by atoms with Gasteiger partial charge in [0, 0.05) is 43.7 Å². The Labute approximate surface area is 168 Å². The largest absolute Gasteiger partial charge is 0.496 e. The standard InChI is InChI=1S/C22H24N4O3/c1-25-10-9-20-24-18-13-15(7-8-17(18)22(28)26(20)12-11-25)21(27)23-14-16-5-3-4-6-19(16)29-2/h3-8,13H,9-12,14H2,1-2H3,(H,23,27). The molecule has 0 unspecified atom stereocenters. The third kappa shape index (κ3) is 3.86. The lowest BCUT2D eigenvalue weighted by Gasteiger charge is -2.12. The molecule has 0 radical (unpaired) electrons. The number of hydrogen-bond donors (Lipinski definition) is 1. The molecule has 1 aromatic heterocycles. The molecule has 0 bridgehead atoms. The minimum Gasteiger partial charge on any atom is -0.496 e. The highest BCUT2D eigenvalue weighted by Gasteiger charge is 2.17. The van der Waals surface area contributed by atoms with Gasteiger partial charge in [0.15, 0.2) is 0 Å². The SMILES string of the molecule is COc1ccccc1CNC(=O)c1ccc2c(=O)n3c(nc2c1)CCN(C)CC3. The highest BCUT2D eigenvalue weighted by molar-refractivity contribution is 5.97. The number of rotatable bonds is 4. The first-order valence-corrected chi connectivity index (χ1v) is 9.69. The normalized spacial score (nSPS) is 14.3. The second-order valence-electron chi connectivity index (χ2n) is 7.26. The third-order valence-electron chi connectivity index (χ3n) is 5.35. The Morgan fingerprint density at radius 2 is 2.00 bits per heavy atom. The number of methoxy groups -OCH3 is 1. The van der Waals surface area contributed by atoms with Gasteiger partial charge in [-0.25, -0.2) is 4.98 Å². The van der Waals surface area contributed by atoms with Crippen LogP contribution in [0.4, 0.5) is 0 Å². The summed E-state index contributed by atoms with van der Waals surface area (Å²) in [6, 6.07) is 12.6. The Bertz CT molecular complexity index is 1120. The molecule has 1 N–H and O–H groups in total. The highest BCUT2D eigenvalue weighted by Crippen LogP contribution is 2.18. The zero-order valence-electron chi connectivity index (χ0n) is 16.6. The number of hydrogen-bond acceptors (Lipinski definition) is 5. The number of amides is 1. The van der Waals surface area contributed by atoms with Gasteiger partial charge in [0.25, 0.3) is 11.5 Å². The van der Waals surface area contributed by atoms with E-state index in [0.29, 0.717) is 36.0 Å². The minimum absolute atomic E-state index is 0.0405. The fourth-order valence-electron chi connectivity index (χ4n) is 3.63. The molecule has 0 fully saturated rings. The molecule has 2 aromatic carbocycles. The Hall–Kier alpha value is -3.19. The van der Waals surface area contributed by atoms with Crippen molar-refractivity contribution in [1.82, 2.24) is 19.8 Å². The molecular weight excluding hydrogens is 368 g/mol. The molecule has 0 saturated heterocycles. The number of aromatic nitrogens is 2. The molecule has 1 aliphatic heterocycles. The number of nitrogens with one attached hydrogen (secondary N) is 1. The summed E-state index contributed by atoms with van der Waals surface area (Å²) in [5.74, 6) is 1.29. The van der Waals surface area contributed by atoms with E-state index in [1.807, 2.05) is 31.3 Å². The van der Waals surface area contributed by atoms with Crippen LogP contribution in [0.1, 0.15) is 21.7 Å². The van der Waals surface area contributed by atoms with Gasteiger partial charge in [-0.15, -0.1) is 0 Å². The number of ether oxygens (including phenoxy) is 1. The zero-order chi connectivity index (χ0) is 20.4. The van der Waals surface area contributed by atoms with Gasteiger partial charge < -0.3 is 15.0 Å². The average molecular weight is 392 g/mol. The molecule has 29 heavy (non-hydrogen) atoms. The van der Waals surface area contributed by atoms with Crippen molar-refractivity contribution in [3.8, 4) is 5.75 Å². The highest BCUT2D eigenvalue weighted by atomic mass is 16.5. The summed E-state index contributed by atoms with van der Waals surface area (Å²) in [6.07, 6.45) is 0.714. The van der Waals surface area contributed by atoms with E-state index >= 15 is 0 Å². The van der Waals surface area contributed by atoms with Gasteiger partial charge in [-0.1, -0.05) is 18.2 Å². The predicted octanol–water partition coefficient (Wildman–Crippen LogP) is 1.82. The van der Waals surface area contributed by atoms with Gasteiger partial charge >= 0.3 is 0 Å². The van der Waals surface area contributed by atoms with Crippen molar-refractivity contribution in [1.29, 1.82) is 0 Å². The number of para-hydroxylation sites is 1. The van der Waals surface area contributed by atoms with Crippen molar-refractivity contribution in [3.63, 3.8) is 0 Å². The first-order valence-electron chi connectivity index (χ1n) is 9.69. The first kappa shape index (κ1) is 19.1. The molecule has 0 saturated carbocycles. The van der Waals surface area contributed by atoms with Crippen LogP contribution in [-0.4, -0.2) is 47.6 Å². The number of carbonyl (C=O) groups excluding carboxylic acids is 1. The van der Waals surface area contributed by atoms with E-state index in [2.05, 4.69) is 10.2 Å². The van der Waals surface area contributed by atoms with E-state index in [-0.39, 0.29) is 11.5 Å². The van der Waals surface area contributed by atoms with E-state index in [0.717, 1.165) is 30.2 Å². The average Bonchev–Trinajstić information content (AvgIpc) is 2.93. The van der Waals surface area contributed by atoms with E-state index in [1.165, 1.54) is 0 Å². The topological polar surface area (TPSA) is 76.5 Å². The lowest BCUT2D eigenvalue weighted by molar-refractivity contribution is 0.0951. The molecular formula is C22H24N4O3. The van der Waals surface area contributed by atoms with E-state index in [1.54, 1.807) is 29.9 Å². The Kier molecular flexibility index (Phi) is 5.31. The Balaban J connectivity index is 1.60. The molecule has 1 amide bonds. The summed E-state index contributed by atoms with van der Waals surface area (Å²) in [5.41, 5.74) is 1.90. The molecule has 4 rings (SSSR count). The van der Waals surface area contributed by atoms with Crippen molar-refractivity contribution < 1.29 is 9.53 Å². The van der Waals surface area contributed by atoms with Crippen LogP contribution >= 0.6 is 0 Å². The van der Waals surface area contributed by atoms with E-state index in [9.17, 15) is 9.59 Å². The van der Waals surface area contributed by atoms with Crippen molar-refractivity contribution in [3.05, 3.63) is 69.8 Å². The predicted molar refractivity (Wildman–Crippen MR) is 111 cm³/mol. The maximum Gasteiger partial charge on any atom is 0.261 e. The lowest BCUT2D eigenvalue weighted by Crippen LogP contribution is -2.27. The number of fused-ring (bicyclic) bond motifs is 2. The van der Waals surface area contributed by atoms with Crippen LogP contribution in [0.5, 0.6) is 5.75 Å². The van der Waals surface area contributed by atoms with Crippen LogP contribution < -0.4 is 15.6 Å². The molecule has 0 aliphatic carbocycles.